The first-order valence-corrected chi connectivity index (χ1v) is 14.5. The second-order valence-electron chi connectivity index (χ2n) is 9.02. The fourth-order valence-electron chi connectivity index (χ4n) is 3.91. The molecule has 1 atom stereocenters. The summed E-state index contributed by atoms with van der Waals surface area (Å²) >= 11 is 12.2. The smallest absolute Gasteiger partial charge is 0.242 e. The van der Waals surface area contributed by atoms with E-state index in [-0.39, 0.29) is 31.3 Å². The van der Waals surface area contributed by atoms with Gasteiger partial charge in [0, 0.05) is 26.1 Å². The first kappa shape index (κ1) is 29.9. The van der Waals surface area contributed by atoms with Crippen molar-refractivity contribution in [2.24, 2.45) is 0 Å². The van der Waals surface area contributed by atoms with Crippen molar-refractivity contribution in [3.63, 3.8) is 0 Å². The van der Waals surface area contributed by atoms with E-state index in [9.17, 15) is 18.0 Å². The van der Waals surface area contributed by atoms with Gasteiger partial charge in [0.2, 0.25) is 21.8 Å². The Hall–Kier alpha value is -2.29. The van der Waals surface area contributed by atoms with Crippen LogP contribution in [0.25, 0.3) is 0 Å². The molecule has 0 heterocycles. The van der Waals surface area contributed by atoms with E-state index in [0.717, 1.165) is 29.4 Å². The maximum atomic E-state index is 13.3. The Bertz CT molecular complexity index is 1170. The van der Waals surface area contributed by atoms with Crippen molar-refractivity contribution in [1.82, 2.24) is 10.2 Å². The van der Waals surface area contributed by atoms with Crippen molar-refractivity contribution in [2.75, 3.05) is 23.7 Å². The van der Waals surface area contributed by atoms with Crippen molar-refractivity contribution in [2.45, 2.75) is 59.5 Å². The number of anilines is 1. The number of nitrogens with one attached hydrogen (secondary N) is 1. The molecule has 0 saturated heterocycles. The minimum Gasteiger partial charge on any atom is -0.354 e. The molecule has 2 aromatic rings. The van der Waals surface area contributed by atoms with Crippen molar-refractivity contribution in [3.05, 3.63) is 63.1 Å². The molecule has 0 aliphatic rings. The molecule has 2 amide bonds. The maximum Gasteiger partial charge on any atom is 0.242 e. The van der Waals surface area contributed by atoms with Crippen LogP contribution in [-0.4, -0.2) is 50.5 Å². The maximum absolute atomic E-state index is 13.3. The van der Waals surface area contributed by atoms with Gasteiger partial charge in [0.05, 0.1) is 22.0 Å². The minimum absolute atomic E-state index is 0.0730. The molecule has 0 spiro atoms. The number of hydrogen-bond donors (Lipinski definition) is 1. The number of hydrogen-bond acceptors (Lipinski definition) is 4. The van der Waals surface area contributed by atoms with Gasteiger partial charge in [-0.25, -0.2) is 8.42 Å². The van der Waals surface area contributed by atoms with E-state index in [1.165, 1.54) is 9.21 Å². The Kier molecular flexibility index (Phi) is 11.1. The standard InChI is InChI=1S/C26H35Cl2N3O4S/c1-6-11-29-26(33)20(4)30(17-21-9-10-23(27)24(28)16-21)25(32)8-7-12-31(36(5,34)35)22-14-18(2)13-19(3)15-22/h9-10,13-16,20H,6-8,11-12,17H2,1-5H3,(H,29,33)/t20-/m0/s1. The van der Waals surface area contributed by atoms with Crippen LogP contribution < -0.4 is 9.62 Å². The number of aryl methyl sites for hydroxylation is 2. The number of sulfonamides is 1. The minimum atomic E-state index is -3.55. The lowest BCUT2D eigenvalue weighted by Gasteiger charge is -2.29. The first-order chi connectivity index (χ1) is 16.8. The lowest BCUT2D eigenvalue weighted by molar-refractivity contribution is -0.140. The zero-order valence-corrected chi connectivity index (χ0v) is 23.8. The fourth-order valence-corrected chi connectivity index (χ4v) is 5.18. The van der Waals surface area contributed by atoms with Gasteiger partial charge in [-0.2, -0.15) is 0 Å². The first-order valence-electron chi connectivity index (χ1n) is 11.9. The number of rotatable bonds is 12. The largest absolute Gasteiger partial charge is 0.354 e. The molecule has 0 aliphatic carbocycles. The molecule has 36 heavy (non-hydrogen) atoms. The molecule has 0 saturated carbocycles. The summed E-state index contributed by atoms with van der Waals surface area (Å²) < 4.78 is 26.4. The molecule has 0 aromatic heterocycles. The Morgan fingerprint density at radius 3 is 2.22 bits per heavy atom. The predicted molar refractivity (Wildman–Crippen MR) is 147 cm³/mol. The van der Waals surface area contributed by atoms with Crippen LogP contribution in [0, 0.1) is 13.8 Å². The summed E-state index contributed by atoms with van der Waals surface area (Å²) in [6.45, 7) is 8.27. The van der Waals surface area contributed by atoms with Crippen LogP contribution >= 0.6 is 23.2 Å². The van der Waals surface area contributed by atoms with Crippen LogP contribution in [0.1, 0.15) is 49.8 Å². The van der Waals surface area contributed by atoms with Crippen LogP contribution in [0.2, 0.25) is 10.0 Å². The van der Waals surface area contributed by atoms with E-state index in [4.69, 9.17) is 23.2 Å². The number of nitrogens with zero attached hydrogens (tertiary/aromatic N) is 2. The third-order valence-electron chi connectivity index (χ3n) is 5.70. The Morgan fingerprint density at radius 2 is 1.67 bits per heavy atom. The normalized spacial score (nSPS) is 12.2. The van der Waals surface area contributed by atoms with Crippen molar-refractivity contribution in [1.29, 1.82) is 0 Å². The SMILES string of the molecule is CCCNC(=O)[C@H](C)N(Cc1ccc(Cl)c(Cl)c1)C(=O)CCCN(c1cc(C)cc(C)c1)S(C)(=O)=O. The highest BCUT2D eigenvalue weighted by Gasteiger charge is 2.26. The lowest BCUT2D eigenvalue weighted by Crippen LogP contribution is -2.47. The number of carbonyl (C=O) groups is 2. The summed E-state index contributed by atoms with van der Waals surface area (Å²) in [6, 6.07) is 9.96. The fraction of sp³-hybridized carbons (Fsp3) is 0.462. The summed E-state index contributed by atoms with van der Waals surface area (Å²) in [5, 5.41) is 3.60. The van der Waals surface area contributed by atoms with E-state index in [2.05, 4.69) is 5.32 Å². The Labute approximate surface area is 224 Å². The highest BCUT2D eigenvalue weighted by molar-refractivity contribution is 7.92. The summed E-state index contributed by atoms with van der Waals surface area (Å²) in [5.41, 5.74) is 3.21. The van der Waals surface area contributed by atoms with E-state index >= 15 is 0 Å². The topological polar surface area (TPSA) is 86.8 Å². The third-order valence-corrected chi connectivity index (χ3v) is 7.63. The van der Waals surface area contributed by atoms with Gasteiger partial charge in [-0.3, -0.25) is 13.9 Å². The Balaban J connectivity index is 2.20. The van der Waals surface area contributed by atoms with Crippen LogP contribution in [0.4, 0.5) is 5.69 Å². The molecule has 2 rings (SSSR count). The quantitative estimate of drug-likeness (QED) is 0.394. The zero-order valence-electron chi connectivity index (χ0n) is 21.5. The average Bonchev–Trinajstić information content (AvgIpc) is 2.78. The number of carbonyl (C=O) groups excluding carboxylic acids is 2. The molecule has 7 nitrogen and oxygen atoms in total. The highest BCUT2D eigenvalue weighted by atomic mass is 35.5. The molecule has 0 aliphatic heterocycles. The van der Waals surface area contributed by atoms with Crippen molar-refractivity contribution < 1.29 is 18.0 Å². The van der Waals surface area contributed by atoms with Gasteiger partial charge in [-0.15, -0.1) is 0 Å². The summed E-state index contributed by atoms with van der Waals surface area (Å²) in [5.74, 6) is -0.507. The molecule has 198 valence electrons. The highest BCUT2D eigenvalue weighted by Crippen LogP contribution is 2.25. The van der Waals surface area contributed by atoms with E-state index in [1.54, 1.807) is 25.1 Å². The van der Waals surface area contributed by atoms with Gasteiger partial charge in [0.15, 0.2) is 0 Å². The summed E-state index contributed by atoms with van der Waals surface area (Å²) in [6.07, 6.45) is 2.30. The zero-order chi connectivity index (χ0) is 27.0. The Morgan fingerprint density at radius 1 is 1.03 bits per heavy atom. The number of amides is 2. The molecule has 0 fully saturated rings. The lowest BCUT2D eigenvalue weighted by atomic mass is 10.1. The second-order valence-corrected chi connectivity index (χ2v) is 11.7. The number of halogens is 2. The third kappa shape index (κ3) is 8.68. The molecule has 1 N–H and O–H groups in total. The monoisotopic (exact) mass is 555 g/mol. The van der Waals surface area contributed by atoms with Gasteiger partial charge < -0.3 is 10.2 Å². The molecular formula is C26H35Cl2N3O4S. The molecule has 0 unspecified atom stereocenters. The molecule has 0 radical (unpaired) electrons. The van der Waals surface area contributed by atoms with E-state index in [0.29, 0.717) is 28.7 Å². The van der Waals surface area contributed by atoms with Gasteiger partial charge in [0.1, 0.15) is 6.04 Å². The molecule has 0 bridgehead atoms. The van der Waals surface area contributed by atoms with Gasteiger partial charge >= 0.3 is 0 Å². The van der Waals surface area contributed by atoms with Crippen molar-refractivity contribution >= 4 is 50.7 Å². The molecule has 2 aromatic carbocycles. The molecular weight excluding hydrogens is 521 g/mol. The number of benzene rings is 2. The van der Waals surface area contributed by atoms with Crippen LogP contribution in [0.15, 0.2) is 36.4 Å². The summed E-state index contributed by atoms with van der Waals surface area (Å²) in [7, 11) is -3.55. The molecule has 10 heteroatoms. The van der Waals surface area contributed by atoms with Gasteiger partial charge in [-0.1, -0.05) is 42.3 Å². The summed E-state index contributed by atoms with van der Waals surface area (Å²) in [4.78, 5) is 27.5. The van der Waals surface area contributed by atoms with Crippen molar-refractivity contribution in [3.8, 4) is 0 Å². The second kappa shape index (κ2) is 13.3. The van der Waals surface area contributed by atoms with Crippen LogP contribution in [-0.2, 0) is 26.2 Å². The van der Waals surface area contributed by atoms with Gasteiger partial charge in [-0.05, 0) is 74.6 Å². The van der Waals surface area contributed by atoms with E-state index < -0.39 is 16.1 Å². The average molecular weight is 557 g/mol. The van der Waals surface area contributed by atoms with Crippen LogP contribution in [0.5, 0.6) is 0 Å². The predicted octanol–water partition coefficient (Wildman–Crippen LogP) is 5.10. The van der Waals surface area contributed by atoms with Gasteiger partial charge in [0.25, 0.3) is 0 Å². The van der Waals surface area contributed by atoms with E-state index in [1.807, 2.05) is 39.0 Å². The van der Waals surface area contributed by atoms with Crippen LogP contribution in [0.3, 0.4) is 0 Å².